The molecule has 0 aliphatic carbocycles. The van der Waals surface area contributed by atoms with Crippen molar-refractivity contribution in [2.75, 3.05) is 5.73 Å². The quantitative estimate of drug-likeness (QED) is 0.659. The van der Waals surface area contributed by atoms with E-state index in [4.69, 9.17) is 11.5 Å². The number of nitrogen functional groups attached to an aromatic ring is 1. The average molecular weight is 163 g/mol. The minimum absolute atomic E-state index is 0.0666. The highest BCUT2D eigenvalue weighted by Crippen LogP contribution is 2.12. The third-order valence-electron chi connectivity index (χ3n) is 1.61. The fraction of sp³-hybridized carbons (Fsp3) is 0.222. The van der Waals surface area contributed by atoms with Crippen molar-refractivity contribution in [3.8, 4) is 0 Å². The molecule has 4 N–H and O–H groups in total. The van der Waals surface area contributed by atoms with E-state index >= 15 is 0 Å². The molecule has 3 heteroatoms. The summed E-state index contributed by atoms with van der Waals surface area (Å²) < 4.78 is 0. The van der Waals surface area contributed by atoms with E-state index in [2.05, 4.69) is 11.6 Å². The number of nitrogens with zero attached hydrogens (tertiary/aromatic N) is 1. The second kappa shape index (κ2) is 3.88. The minimum atomic E-state index is -0.0666. The molecule has 1 atom stereocenters. The van der Waals surface area contributed by atoms with Crippen molar-refractivity contribution >= 4 is 5.69 Å². The number of nitrogens with two attached hydrogens (primary N) is 2. The molecule has 0 saturated carbocycles. The van der Waals surface area contributed by atoms with Crippen molar-refractivity contribution in [3.05, 3.63) is 36.7 Å². The van der Waals surface area contributed by atoms with Gasteiger partial charge in [0, 0.05) is 0 Å². The molecule has 0 radical (unpaired) electrons. The normalized spacial score (nSPS) is 12.4. The number of hydrogen-bond acceptors (Lipinski definition) is 3. The zero-order valence-corrected chi connectivity index (χ0v) is 6.90. The molecule has 0 spiro atoms. The van der Waals surface area contributed by atoms with Gasteiger partial charge in [-0.15, -0.1) is 6.58 Å². The standard InChI is InChI=1S/C9H13N3/c1-2-3-8(11)9-5-4-7(10)6-12-9/h2,4-6,8H,1,3,10-11H2/t8-/m1/s1. The first-order valence-corrected chi connectivity index (χ1v) is 3.82. The molecular formula is C9H13N3. The van der Waals surface area contributed by atoms with E-state index in [1.165, 1.54) is 0 Å². The Bertz CT molecular complexity index is 253. The Morgan fingerprint density at radius 3 is 2.83 bits per heavy atom. The van der Waals surface area contributed by atoms with E-state index in [0.717, 1.165) is 12.1 Å². The SMILES string of the molecule is C=CC[C@@H](N)c1ccc(N)cn1. The summed E-state index contributed by atoms with van der Waals surface area (Å²) in [7, 11) is 0. The molecule has 12 heavy (non-hydrogen) atoms. The molecule has 3 nitrogen and oxygen atoms in total. The molecule has 0 fully saturated rings. The van der Waals surface area contributed by atoms with Crippen LogP contribution >= 0.6 is 0 Å². The Morgan fingerprint density at radius 1 is 1.58 bits per heavy atom. The third-order valence-corrected chi connectivity index (χ3v) is 1.61. The van der Waals surface area contributed by atoms with Crippen LogP contribution in [-0.2, 0) is 0 Å². The highest BCUT2D eigenvalue weighted by Gasteiger charge is 2.03. The molecule has 0 bridgehead atoms. The average Bonchev–Trinajstić information content (AvgIpc) is 2.06. The van der Waals surface area contributed by atoms with E-state index in [1.54, 1.807) is 18.3 Å². The fourth-order valence-electron chi connectivity index (χ4n) is 0.936. The zero-order chi connectivity index (χ0) is 8.97. The summed E-state index contributed by atoms with van der Waals surface area (Å²) in [4.78, 5) is 4.10. The van der Waals surface area contributed by atoms with Crippen LogP contribution in [0.4, 0.5) is 5.69 Å². The Balaban J connectivity index is 2.74. The molecule has 0 amide bonds. The maximum atomic E-state index is 5.78. The number of pyridine rings is 1. The fourth-order valence-corrected chi connectivity index (χ4v) is 0.936. The van der Waals surface area contributed by atoms with Crippen LogP contribution in [-0.4, -0.2) is 4.98 Å². The molecule has 0 aliphatic heterocycles. The maximum Gasteiger partial charge on any atom is 0.0575 e. The molecule has 0 saturated heterocycles. The largest absolute Gasteiger partial charge is 0.397 e. The topological polar surface area (TPSA) is 64.9 Å². The molecule has 1 aromatic rings. The third kappa shape index (κ3) is 2.07. The highest BCUT2D eigenvalue weighted by atomic mass is 14.8. The van der Waals surface area contributed by atoms with Crippen LogP contribution in [0.2, 0.25) is 0 Å². The van der Waals surface area contributed by atoms with Gasteiger partial charge in [-0.1, -0.05) is 6.08 Å². The summed E-state index contributed by atoms with van der Waals surface area (Å²) in [6.07, 6.45) is 4.12. The van der Waals surface area contributed by atoms with Crippen LogP contribution in [0.25, 0.3) is 0 Å². The Kier molecular flexibility index (Phi) is 2.82. The Hall–Kier alpha value is -1.35. The summed E-state index contributed by atoms with van der Waals surface area (Å²) in [5.41, 5.74) is 12.8. The van der Waals surface area contributed by atoms with E-state index in [-0.39, 0.29) is 6.04 Å². The Morgan fingerprint density at radius 2 is 2.33 bits per heavy atom. The predicted molar refractivity (Wildman–Crippen MR) is 50.4 cm³/mol. The number of rotatable bonds is 3. The highest BCUT2D eigenvalue weighted by molar-refractivity contribution is 5.35. The summed E-state index contributed by atoms with van der Waals surface area (Å²) >= 11 is 0. The number of anilines is 1. The molecule has 1 aromatic heterocycles. The van der Waals surface area contributed by atoms with Gasteiger partial charge in [0.2, 0.25) is 0 Å². The van der Waals surface area contributed by atoms with Gasteiger partial charge in [0.15, 0.2) is 0 Å². The summed E-state index contributed by atoms with van der Waals surface area (Å²) in [5.74, 6) is 0. The Labute approximate surface area is 72.1 Å². The van der Waals surface area contributed by atoms with Crippen molar-refractivity contribution in [3.63, 3.8) is 0 Å². The van der Waals surface area contributed by atoms with Crippen molar-refractivity contribution in [2.45, 2.75) is 12.5 Å². The van der Waals surface area contributed by atoms with Gasteiger partial charge in [0.25, 0.3) is 0 Å². The summed E-state index contributed by atoms with van der Waals surface area (Å²) in [5, 5.41) is 0. The van der Waals surface area contributed by atoms with Gasteiger partial charge >= 0.3 is 0 Å². The molecule has 0 aromatic carbocycles. The molecule has 0 aliphatic rings. The minimum Gasteiger partial charge on any atom is -0.397 e. The molecule has 1 rings (SSSR count). The van der Waals surface area contributed by atoms with Gasteiger partial charge in [-0.25, -0.2) is 0 Å². The number of aromatic nitrogens is 1. The lowest BCUT2D eigenvalue weighted by molar-refractivity contribution is 0.714. The molecule has 0 unspecified atom stereocenters. The van der Waals surface area contributed by atoms with Gasteiger partial charge < -0.3 is 11.5 Å². The summed E-state index contributed by atoms with van der Waals surface area (Å²) in [6.45, 7) is 3.61. The molecular weight excluding hydrogens is 150 g/mol. The lowest BCUT2D eigenvalue weighted by atomic mass is 10.1. The zero-order valence-electron chi connectivity index (χ0n) is 6.90. The first kappa shape index (κ1) is 8.74. The predicted octanol–water partition coefficient (Wildman–Crippen LogP) is 1.24. The smallest absolute Gasteiger partial charge is 0.0575 e. The van der Waals surface area contributed by atoms with Crippen LogP contribution in [0.5, 0.6) is 0 Å². The second-order valence-electron chi connectivity index (χ2n) is 2.65. The van der Waals surface area contributed by atoms with Gasteiger partial charge in [-0.3, -0.25) is 4.98 Å². The van der Waals surface area contributed by atoms with Crippen molar-refractivity contribution in [1.29, 1.82) is 0 Å². The van der Waals surface area contributed by atoms with E-state index in [9.17, 15) is 0 Å². The second-order valence-corrected chi connectivity index (χ2v) is 2.65. The summed E-state index contributed by atoms with van der Waals surface area (Å²) in [6, 6.07) is 3.57. The lowest BCUT2D eigenvalue weighted by Gasteiger charge is -2.07. The van der Waals surface area contributed by atoms with Gasteiger partial charge in [0.1, 0.15) is 0 Å². The van der Waals surface area contributed by atoms with Gasteiger partial charge in [-0.05, 0) is 18.6 Å². The van der Waals surface area contributed by atoms with E-state index in [1.807, 2.05) is 6.07 Å². The lowest BCUT2D eigenvalue weighted by Crippen LogP contribution is -2.10. The van der Waals surface area contributed by atoms with Crippen LogP contribution < -0.4 is 11.5 Å². The van der Waals surface area contributed by atoms with Crippen LogP contribution in [0, 0.1) is 0 Å². The van der Waals surface area contributed by atoms with Crippen LogP contribution in [0.15, 0.2) is 31.0 Å². The van der Waals surface area contributed by atoms with Crippen molar-refractivity contribution < 1.29 is 0 Å². The first-order chi connectivity index (χ1) is 5.74. The molecule has 64 valence electrons. The van der Waals surface area contributed by atoms with E-state index in [0.29, 0.717) is 5.69 Å². The number of hydrogen-bond donors (Lipinski definition) is 2. The van der Waals surface area contributed by atoms with Gasteiger partial charge in [-0.2, -0.15) is 0 Å². The first-order valence-electron chi connectivity index (χ1n) is 3.82. The maximum absolute atomic E-state index is 5.78. The van der Waals surface area contributed by atoms with Crippen LogP contribution in [0.3, 0.4) is 0 Å². The van der Waals surface area contributed by atoms with Crippen LogP contribution in [0.1, 0.15) is 18.2 Å². The van der Waals surface area contributed by atoms with Crippen molar-refractivity contribution in [2.24, 2.45) is 5.73 Å². The van der Waals surface area contributed by atoms with Crippen molar-refractivity contribution in [1.82, 2.24) is 4.98 Å². The van der Waals surface area contributed by atoms with Gasteiger partial charge in [0.05, 0.1) is 23.6 Å². The molecule has 1 heterocycles. The van der Waals surface area contributed by atoms with E-state index < -0.39 is 0 Å². The monoisotopic (exact) mass is 163 g/mol.